The summed E-state index contributed by atoms with van der Waals surface area (Å²) in [5.41, 5.74) is 0. The van der Waals surface area contributed by atoms with Crippen LogP contribution in [0.4, 0.5) is 13.2 Å². The molecule has 0 bridgehead atoms. The highest BCUT2D eigenvalue weighted by Crippen LogP contribution is 2.29. The Morgan fingerprint density at radius 1 is 1.30 bits per heavy atom. The van der Waals surface area contributed by atoms with Crippen LogP contribution in [0.5, 0.6) is 0 Å². The summed E-state index contributed by atoms with van der Waals surface area (Å²) in [4.78, 5) is 2.12. The summed E-state index contributed by atoms with van der Waals surface area (Å²) in [6.45, 7) is 1.32. The third kappa shape index (κ3) is 4.58. The quantitative estimate of drug-likeness (QED) is 0.780. The van der Waals surface area contributed by atoms with Gasteiger partial charge >= 0.3 is 6.18 Å². The van der Waals surface area contributed by atoms with E-state index in [1.54, 1.807) is 0 Å². The second kappa shape index (κ2) is 7.06. The number of nitrogens with zero attached hydrogens (tertiary/aromatic N) is 1. The van der Waals surface area contributed by atoms with Gasteiger partial charge in [0.25, 0.3) is 0 Å². The summed E-state index contributed by atoms with van der Waals surface area (Å²) in [6.07, 6.45) is -2.03. The Hall–Kier alpha value is -0.370. The molecule has 2 aliphatic heterocycles. The predicted molar refractivity (Wildman–Crippen MR) is 66.4 cm³/mol. The third-order valence-corrected chi connectivity index (χ3v) is 4.06. The molecule has 0 radical (unpaired) electrons. The molecule has 0 aromatic rings. The Morgan fingerprint density at radius 3 is 2.80 bits per heavy atom. The molecule has 1 N–H and O–H groups in total. The lowest BCUT2D eigenvalue weighted by atomic mass is 9.89. The van der Waals surface area contributed by atoms with Crippen molar-refractivity contribution in [2.24, 2.45) is 5.92 Å². The van der Waals surface area contributed by atoms with Gasteiger partial charge in [0.05, 0.1) is 19.3 Å². The SMILES string of the molecule is O[C@@H]1CCOC[C@H]1[C@H]1CCCN1CCOCC(F)(F)F. The van der Waals surface area contributed by atoms with Gasteiger partial charge in [-0.15, -0.1) is 0 Å². The van der Waals surface area contributed by atoms with Gasteiger partial charge in [-0.05, 0) is 25.8 Å². The summed E-state index contributed by atoms with van der Waals surface area (Å²) in [5, 5.41) is 10.0. The molecule has 0 aromatic carbocycles. The van der Waals surface area contributed by atoms with Crippen LogP contribution in [-0.2, 0) is 9.47 Å². The topological polar surface area (TPSA) is 41.9 Å². The minimum Gasteiger partial charge on any atom is -0.393 e. The van der Waals surface area contributed by atoms with Gasteiger partial charge in [-0.25, -0.2) is 0 Å². The maximum absolute atomic E-state index is 12.0. The highest BCUT2D eigenvalue weighted by Gasteiger charge is 2.37. The molecule has 0 saturated carbocycles. The number of aliphatic hydroxyl groups excluding tert-OH is 1. The van der Waals surface area contributed by atoms with Gasteiger partial charge in [0, 0.05) is 25.1 Å². The monoisotopic (exact) mass is 297 g/mol. The summed E-state index contributed by atoms with van der Waals surface area (Å²) in [5.74, 6) is 0.0638. The van der Waals surface area contributed by atoms with Gasteiger partial charge in [-0.1, -0.05) is 0 Å². The first-order chi connectivity index (χ1) is 9.47. The average Bonchev–Trinajstić information content (AvgIpc) is 2.82. The summed E-state index contributed by atoms with van der Waals surface area (Å²) >= 11 is 0. The number of hydrogen-bond acceptors (Lipinski definition) is 4. The van der Waals surface area contributed by atoms with Crippen LogP contribution in [0.1, 0.15) is 19.3 Å². The van der Waals surface area contributed by atoms with Gasteiger partial charge in [0.2, 0.25) is 0 Å². The second-order valence-corrected chi connectivity index (χ2v) is 5.51. The fourth-order valence-corrected chi connectivity index (χ4v) is 3.10. The standard InChI is InChI=1S/C13H22F3NO3/c14-13(15,16)9-20-7-5-17-4-1-2-11(17)10-8-19-6-3-12(10)18/h10-12,18H,1-9H2/t10-,11+,12+/m0/s1. The van der Waals surface area contributed by atoms with Crippen LogP contribution in [0.3, 0.4) is 0 Å². The maximum atomic E-state index is 12.0. The van der Waals surface area contributed by atoms with Crippen LogP contribution in [0.15, 0.2) is 0 Å². The van der Waals surface area contributed by atoms with E-state index in [9.17, 15) is 18.3 Å². The van der Waals surface area contributed by atoms with Gasteiger partial charge in [0.15, 0.2) is 0 Å². The second-order valence-electron chi connectivity index (χ2n) is 5.51. The average molecular weight is 297 g/mol. The lowest BCUT2D eigenvalue weighted by molar-refractivity contribution is -0.175. The molecular weight excluding hydrogens is 275 g/mol. The maximum Gasteiger partial charge on any atom is 0.411 e. The Bertz CT molecular complexity index is 301. The minimum absolute atomic E-state index is 0.0638. The minimum atomic E-state index is -4.27. The summed E-state index contributed by atoms with van der Waals surface area (Å²) < 4.78 is 46.0. The molecule has 2 saturated heterocycles. The van der Waals surface area contributed by atoms with Crippen molar-refractivity contribution >= 4 is 0 Å². The molecule has 4 nitrogen and oxygen atoms in total. The summed E-state index contributed by atoms with van der Waals surface area (Å²) in [7, 11) is 0. The molecule has 118 valence electrons. The number of alkyl halides is 3. The van der Waals surface area contributed by atoms with Gasteiger partial charge in [0.1, 0.15) is 6.61 Å². The first-order valence-electron chi connectivity index (χ1n) is 7.12. The zero-order chi connectivity index (χ0) is 14.6. The Labute approximate surface area is 116 Å². The van der Waals surface area contributed by atoms with Gasteiger partial charge in [-0.2, -0.15) is 13.2 Å². The van der Waals surface area contributed by atoms with Crippen LogP contribution in [0.25, 0.3) is 0 Å². The normalized spacial score (nSPS) is 32.7. The lowest BCUT2D eigenvalue weighted by Crippen LogP contribution is -2.47. The number of halogens is 3. The van der Waals surface area contributed by atoms with Crippen molar-refractivity contribution in [3.8, 4) is 0 Å². The van der Waals surface area contributed by atoms with Gasteiger partial charge < -0.3 is 14.6 Å². The van der Waals surface area contributed by atoms with Crippen molar-refractivity contribution < 1.29 is 27.8 Å². The van der Waals surface area contributed by atoms with Crippen molar-refractivity contribution in [2.45, 2.75) is 37.6 Å². The van der Waals surface area contributed by atoms with Crippen molar-refractivity contribution in [2.75, 3.05) is 39.5 Å². The van der Waals surface area contributed by atoms with E-state index in [0.717, 1.165) is 19.4 Å². The van der Waals surface area contributed by atoms with E-state index in [2.05, 4.69) is 9.64 Å². The van der Waals surface area contributed by atoms with E-state index in [-0.39, 0.29) is 24.7 Å². The Kier molecular flexibility index (Phi) is 5.65. The molecule has 0 amide bonds. The van der Waals surface area contributed by atoms with E-state index in [0.29, 0.717) is 26.2 Å². The highest BCUT2D eigenvalue weighted by atomic mass is 19.4. The number of hydrogen-bond donors (Lipinski definition) is 1. The Balaban J connectivity index is 1.75. The van der Waals surface area contributed by atoms with E-state index >= 15 is 0 Å². The Morgan fingerprint density at radius 2 is 2.10 bits per heavy atom. The number of ether oxygens (including phenoxy) is 2. The molecule has 0 aliphatic carbocycles. The van der Waals surface area contributed by atoms with Crippen molar-refractivity contribution in [1.82, 2.24) is 4.90 Å². The van der Waals surface area contributed by atoms with E-state index in [1.165, 1.54) is 0 Å². The lowest BCUT2D eigenvalue weighted by Gasteiger charge is -2.37. The molecule has 7 heteroatoms. The predicted octanol–water partition coefficient (Wildman–Crippen LogP) is 1.43. The molecular formula is C13H22F3NO3. The van der Waals surface area contributed by atoms with Crippen molar-refractivity contribution in [3.63, 3.8) is 0 Å². The smallest absolute Gasteiger partial charge is 0.393 e. The van der Waals surface area contributed by atoms with Crippen LogP contribution >= 0.6 is 0 Å². The number of likely N-dealkylation sites (tertiary alicyclic amines) is 1. The van der Waals surface area contributed by atoms with Crippen LogP contribution in [-0.4, -0.2) is 67.8 Å². The highest BCUT2D eigenvalue weighted by molar-refractivity contribution is 4.89. The molecule has 3 atom stereocenters. The zero-order valence-corrected chi connectivity index (χ0v) is 11.4. The molecule has 2 aliphatic rings. The molecule has 0 aromatic heterocycles. The third-order valence-electron chi connectivity index (χ3n) is 4.06. The summed E-state index contributed by atoms with van der Waals surface area (Å²) in [6, 6.07) is 0.194. The molecule has 0 spiro atoms. The van der Waals surface area contributed by atoms with Crippen molar-refractivity contribution in [1.29, 1.82) is 0 Å². The fraction of sp³-hybridized carbons (Fsp3) is 1.00. The van der Waals surface area contributed by atoms with Crippen LogP contribution < -0.4 is 0 Å². The fourth-order valence-electron chi connectivity index (χ4n) is 3.10. The molecule has 2 rings (SSSR count). The molecule has 0 unspecified atom stereocenters. The van der Waals surface area contributed by atoms with E-state index < -0.39 is 12.8 Å². The number of aliphatic hydroxyl groups is 1. The van der Waals surface area contributed by atoms with E-state index in [4.69, 9.17) is 4.74 Å². The first kappa shape index (κ1) is 16.0. The van der Waals surface area contributed by atoms with Crippen LogP contribution in [0, 0.1) is 5.92 Å². The molecule has 2 fully saturated rings. The first-order valence-corrected chi connectivity index (χ1v) is 7.12. The van der Waals surface area contributed by atoms with Gasteiger partial charge in [-0.3, -0.25) is 4.90 Å². The van der Waals surface area contributed by atoms with Crippen LogP contribution in [0.2, 0.25) is 0 Å². The number of rotatable bonds is 5. The zero-order valence-electron chi connectivity index (χ0n) is 11.4. The molecule has 2 heterocycles. The largest absolute Gasteiger partial charge is 0.411 e. The van der Waals surface area contributed by atoms with E-state index in [1.807, 2.05) is 0 Å². The molecule has 20 heavy (non-hydrogen) atoms. The van der Waals surface area contributed by atoms with Crippen molar-refractivity contribution in [3.05, 3.63) is 0 Å².